The van der Waals surface area contributed by atoms with Crippen LogP contribution in [0.1, 0.15) is 18.9 Å². The van der Waals surface area contributed by atoms with Crippen LogP contribution in [0.25, 0.3) is 0 Å². The lowest BCUT2D eigenvalue weighted by atomic mass is 10.1. The van der Waals surface area contributed by atoms with Crippen LogP contribution >= 0.6 is 0 Å². The van der Waals surface area contributed by atoms with E-state index < -0.39 is 0 Å². The normalized spacial score (nSPS) is 10.6. The van der Waals surface area contributed by atoms with Gasteiger partial charge in [0.15, 0.2) is 0 Å². The Bertz CT molecular complexity index is 329. The van der Waals surface area contributed by atoms with Crippen LogP contribution < -0.4 is 9.47 Å². The SMILES string of the molecule is C/C=C\CCc1cc(OC)ccc1OC. The zero-order chi connectivity index (χ0) is 11.1. The van der Waals surface area contributed by atoms with E-state index in [9.17, 15) is 0 Å². The van der Waals surface area contributed by atoms with Crippen LogP contribution in [0.5, 0.6) is 11.5 Å². The summed E-state index contributed by atoms with van der Waals surface area (Å²) in [6.07, 6.45) is 6.22. The molecule has 0 atom stereocenters. The Morgan fingerprint density at radius 2 is 2.00 bits per heavy atom. The molecule has 1 rings (SSSR count). The van der Waals surface area contributed by atoms with Crippen molar-refractivity contribution in [2.75, 3.05) is 14.2 Å². The fourth-order valence-corrected chi connectivity index (χ4v) is 1.48. The quantitative estimate of drug-likeness (QED) is 0.689. The molecule has 0 radical (unpaired) electrons. The number of allylic oxidation sites excluding steroid dienone is 2. The van der Waals surface area contributed by atoms with Crippen LogP contribution in [0.4, 0.5) is 0 Å². The van der Waals surface area contributed by atoms with Gasteiger partial charge < -0.3 is 9.47 Å². The van der Waals surface area contributed by atoms with Gasteiger partial charge in [0.05, 0.1) is 14.2 Å². The van der Waals surface area contributed by atoms with E-state index in [1.165, 1.54) is 5.56 Å². The van der Waals surface area contributed by atoms with Crippen molar-refractivity contribution in [1.29, 1.82) is 0 Å². The Kier molecular flexibility index (Phi) is 4.75. The molecule has 0 saturated carbocycles. The van der Waals surface area contributed by atoms with Crippen molar-refractivity contribution >= 4 is 0 Å². The second kappa shape index (κ2) is 6.12. The molecule has 82 valence electrons. The Balaban J connectivity index is 2.81. The maximum atomic E-state index is 5.30. The molecule has 0 unspecified atom stereocenters. The molecule has 0 saturated heterocycles. The van der Waals surface area contributed by atoms with Gasteiger partial charge in [-0.2, -0.15) is 0 Å². The number of rotatable bonds is 5. The minimum absolute atomic E-state index is 0.881. The molecule has 0 heterocycles. The number of hydrogen-bond donors (Lipinski definition) is 0. The average molecular weight is 206 g/mol. The van der Waals surface area contributed by atoms with Gasteiger partial charge in [-0.1, -0.05) is 12.2 Å². The molecule has 0 fully saturated rings. The van der Waals surface area contributed by atoms with E-state index >= 15 is 0 Å². The summed E-state index contributed by atoms with van der Waals surface area (Å²) in [5.74, 6) is 1.81. The summed E-state index contributed by atoms with van der Waals surface area (Å²) >= 11 is 0. The third-order valence-electron chi connectivity index (χ3n) is 2.30. The van der Waals surface area contributed by atoms with Gasteiger partial charge in [-0.05, 0) is 43.5 Å². The van der Waals surface area contributed by atoms with E-state index in [0.29, 0.717) is 0 Å². The summed E-state index contributed by atoms with van der Waals surface area (Å²) in [6.45, 7) is 2.03. The molecule has 0 aromatic heterocycles. The van der Waals surface area contributed by atoms with Crippen molar-refractivity contribution < 1.29 is 9.47 Å². The smallest absolute Gasteiger partial charge is 0.122 e. The largest absolute Gasteiger partial charge is 0.497 e. The van der Waals surface area contributed by atoms with Crippen molar-refractivity contribution in [3.63, 3.8) is 0 Å². The summed E-state index contributed by atoms with van der Waals surface area (Å²) < 4.78 is 10.5. The first-order chi connectivity index (χ1) is 7.31. The third kappa shape index (κ3) is 3.31. The van der Waals surface area contributed by atoms with Crippen LogP contribution in [-0.2, 0) is 6.42 Å². The predicted molar refractivity (Wildman–Crippen MR) is 62.7 cm³/mol. The van der Waals surface area contributed by atoms with Crippen LogP contribution in [0.15, 0.2) is 30.4 Å². The van der Waals surface area contributed by atoms with E-state index in [2.05, 4.69) is 12.2 Å². The van der Waals surface area contributed by atoms with Crippen molar-refractivity contribution in [3.8, 4) is 11.5 Å². The molecular formula is C13H18O2. The van der Waals surface area contributed by atoms with E-state index in [0.717, 1.165) is 24.3 Å². The van der Waals surface area contributed by atoms with E-state index in [1.54, 1.807) is 14.2 Å². The molecular weight excluding hydrogens is 188 g/mol. The second-order valence-electron chi connectivity index (χ2n) is 3.29. The second-order valence-corrected chi connectivity index (χ2v) is 3.29. The van der Waals surface area contributed by atoms with E-state index in [-0.39, 0.29) is 0 Å². The molecule has 2 heteroatoms. The Hall–Kier alpha value is -1.44. The number of hydrogen-bond acceptors (Lipinski definition) is 2. The molecule has 1 aromatic carbocycles. The molecule has 2 nitrogen and oxygen atoms in total. The Labute approximate surface area is 91.5 Å². The summed E-state index contributed by atoms with van der Waals surface area (Å²) in [4.78, 5) is 0. The van der Waals surface area contributed by atoms with Gasteiger partial charge in [-0.25, -0.2) is 0 Å². The maximum absolute atomic E-state index is 5.30. The Morgan fingerprint density at radius 1 is 1.20 bits per heavy atom. The highest BCUT2D eigenvalue weighted by Gasteiger charge is 2.03. The fraction of sp³-hybridized carbons (Fsp3) is 0.385. The summed E-state index contributed by atoms with van der Waals surface area (Å²) in [7, 11) is 3.37. The first-order valence-corrected chi connectivity index (χ1v) is 5.14. The van der Waals surface area contributed by atoms with Gasteiger partial charge in [-0.3, -0.25) is 0 Å². The van der Waals surface area contributed by atoms with Crippen molar-refractivity contribution in [1.82, 2.24) is 0 Å². The lowest BCUT2D eigenvalue weighted by molar-refractivity contribution is 0.398. The van der Waals surface area contributed by atoms with Crippen LogP contribution in [0.3, 0.4) is 0 Å². The zero-order valence-corrected chi connectivity index (χ0v) is 9.62. The van der Waals surface area contributed by atoms with Crippen molar-refractivity contribution in [2.24, 2.45) is 0 Å². The van der Waals surface area contributed by atoms with Crippen LogP contribution in [0.2, 0.25) is 0 Å². The molecule has 0 aliphatic rings. The maximum Gasteiger partial charge on any atom is 0.122 e. The van der Waals surface area contributed by atoms with Gasteiger partial charge in [0, 0.05) is 0 Å². The summed E-state index contributed by atoms with van der Waals surface area (Å²) in [5.41, 5.74) is 1.19. The van der Waals surface area contributed by atoms with Crippen LogP contribution in [-0.4, -0.2) is 14.2 Å². The number of ether oxygens (including phenoxy) is 2. The summed E-state index contributed by atoms with van der Waals surface area (Å²) in [5, 5.41) is 0. The first-order valence-electron chi connectivity index (χ1n) is 5.14. The monoisotopic (exact) mass is 206 g/mol. The molecule has 0 spiro atoms. The fourth-order valence-electron chi connectivity index (χ4n) is 1.48. The molecule has 0 aliphatic carbocycles. The predicted octanol–water partition coefficient (Wildman–Crippen LogP) is 3.21. The Morgan fingerprint density at radius 3 is 2.60 bits per heavy atom. The van der Waals surface area contributed by atoms with Gasteiger partial charge in [-0.15, -0.1) is 0 Å². The number of benzene rings is 1. The highest BCUT2D eigenvalue weighted by atomic mass is 16.5. The molecule has 0 N–H and O–H groups in total. The number of aryl methyl sites for hydroxylation is 1. The topological polar surface area (TPSA) is 18.5 Å². The average Bonchev–Trinajstić information content (AvgIpc) is 2.29. The van der Waals surface area contributed by atoms with E-state index in [4.69, 9.17) is 9.47 Å². The zero-order valence-electron chi connectivity index (χ0n) is 9.62. The number of methoxy groups -OCH3 is 2. The lowest BCUT2D eigenvalue weighted by Gasteiger charge is -2.09. The van der Waals surface area contributed by atoms with Crippen LogP contribution in [0, 0.1) is 0 Å². The van der Waals surface area contributed by atoms with Gasteiger partial charge in [0.25, 0.3) is 0 Å². The molecule has 15 heavy (non-hydrogen) atoms. The minimum atomic E-state index is 0.881. The summed E-state index contributed by atoms with van der Waals surface area (Å²) in [6, 6.07) is 5.89. The van der Waals surface area contributed by atoms with Crippen molar-refractivity contribution in [2.45, 2.75) is 19.8 Å². The highest BCUT2D eigenvalue weighted by Crippen LogP contribution is 2.25. The lowest BCUT2D eigenvalue weighted by Crippen LogP contribution is -1.93. The third-order valence-corrected chi connectivity index (χ3v) is 2.30. The van der Waals surface area contributed by atoms with Crippen molar-refractivity contribution in [3.05, 3.63) is 35.9 Å². The van der Waals surface area contributed by atoms with E-state index in [1.807, 2.05) is 25.1 Å². The highest BCUT2D eigenvalue weighted by molar-refractivity contribution is 5.40. The molecule has 1 aromatic rings. The minimum Gasteiger partial charge on any atom is -0.497 e. The molecule has 0 aliphatic heterocycles. The van der Waals surface area contributed by atoms with Gasteiger partial charge >= 0.3 is 0 Å². The molecule has 0 bridgehead atoms. The van der Waals surface area contributed by atoms with Gasteiger partial charge in [0.1, 0.15) is 11.5 Å². The first kappa shape index (κ1) is 11.6. The standard InChI is InChI=1S/C13H18O2/c1-4-5-6-7-11-10-12(14-2)8-9-13(11)15-3/h4-5,8-10H,6-7H2,1-3H3/b5-4-. The van der Waals surface area contributed by atoms with Gasteiger partial charge in [0.2, 0.25) is 0 Å². The molecule has 0 amide bonds.